The number of hydrogen-bond acceptors (Lipinski definition) is 2. The van der Waals surface area contributed by atoms with Gasteiger partial charge < -0.3 is 10.5 Å². The molecule has 0 bridgehead atoms. The zero-order chi connectivity index (χ0) is 14.3. The van der Waals surface area contributed by atoms with Gasteiger partial charge in [-0.3, -0.25) is 4.79 Å². The van der Waals surface area contributed by atoms with Gasteiger partial charge in [-0.1, -0.05) is 31.9 Å². The lowest BCUT2D eigenvalue weighted by Gasteiger charge is -2.19. The third kappa shape index (κ3) is 4.81. The van der Waals surface area contributed by atoms with Crippen molar-refractivity contribution in [3.63, 3.8) is 0 Å². The molecular formula is C15H20FNO2. The Labute approximate surface area is 113 Å². The lowest BCUT2D eigenvalue weighted by Crippen LogP contribution is -2.32. The minimum atomic E-state index is -0.519. The Morgan fingerprint density at radius 3 is 2.47 bits per heavy atom. The van der Waals surface area contributed by atoms with Gasteiger partial charge in [0.25, 0.3) is 0 Å². The molecule has 0 aliphatic rings. The number of benzene rings is 1. The summed E-state index contributed by atoms with van der Waals surface area (Å²) in [6.07, 6.45) is 3.70. The first-order valence-electron chi connectivity index (χ1n) is 6.57. The van der Waals surface area contributed by atoms with Crippen LogP contribution >= 0.6 is 0 Å². The molecule has 0 saturated carbocycles. The van der Waals surface area contributed by atoms with Crippen molar-refractivity contribution in [2.75, 3.05) is 0 Å². The molecule has 0 saturated heterocycles. The van der Waals surface area contributed by atoms with E-state index < -0.39 is 11.8 Å². The molecule has 1 amide bonds. The van der Waals surface area contributed by atoms with Crippen molar-refractivity contribution >= 4 is 12.2 Å². The van der Waals surface area contributed by atoms with E-state index in [9.17, 15) is 14.0 Å². The van der Waals surface area contributed by atoms with Crippen molar-refractivity contribution in [3.8, 4) is 0 Å². The summed E-state index contributed by atoms with van der Waals surface area (Å²) in [4.78, 5) is 22.7. The molecule has 0 spiro atoms. The van der Waals surface area contributed by atoms with E-state index in [1.807, 2.05) is 6.92 Å². The fourth-order valence-electron chi connectivity index (χ4n) is 2.14. The fraction of sp³-hybridized carbons (Fsp3) is 0.467. The molecule has 1 aromatic carbocycles. The van der Waals surface area contributed by atoms with Crippen LogP contribution in [0.5, 0.6) is 0 Å². The number of amides is 1. The Bertz CT molecular complexity index is 417. The molecule has 0 radical (unpaired) electrons. The first kappa shape index (κ1) is 15.3. The van der Waals surface area contributed by atoms with Gasteiger partial charge in [-0.15, -0.1) is 0 Å². The van der Waals surface area contributed by atoms with Gasteiger partial charge in [0.05, 0.1) is 5.92 Å². The van der Waals surface area contributed by atoms with Crippen molar-refractivity contribution in [1.82, 2.24) is 0 Å². The normalized spacial score (nSPS) is 13.8. The molecular weight excluding hydrogens is 245 g/mol. The predicted molar refractivity (Wildman–Crippen MR) is 71.9 cm³/mol. The van der Waals surface area contributed by atoms with Crippen LogP contribution in [0.1, 0.15) is 31.7 Å². The number of aldehydes is 1. The van der Waals surface area contributed by atoms with E-state index in [0.717, 1.165) is 24.7 Å². The highest BCUT2D eigenvalue weighted by Crippen LogP contribution is 2.21. The summed E-state index contributed by atoms with van der Waals surface area (Å²) in [5.41, 5.74) is 6.20. The number of carbonyl (C=O) groups is 2. The highest BCUT2D eigenvalue weighted by atomic mass is 19.1. The first-order valence-corrected chi connectivity index (χ1v) is 6.57. The molecule has 0 aliphatic heterocycles. The average molecular weight is 265 g/mol. The number of carbonyl (C=O) groups excluding carboxylic acids is 2. The summed E-state index contributed by atoms with van der Waals surface area (Å²) in [7, 11) is 0. The Hall–Kier alpha value is -1.71. The van der Waals surface area contributed by atoms with E-state index in [4.69, 9.17) is 5.73 Å². The maximum absolute atomic E-state index is 12.8. The SMILES string of the molecule is CCCCC(C=O)C(Cc1ccc(F)cc1)C(N)=O. The largest absolute Gasteiger partial charge is 0.369 e. The summed E-state index contributed by atoms with van der Waals surface area (Å²) in [5.74, 6) is -1.67. The summed E-state index contributed by atoms with van der Waals surface area (Å²) < 4.78 is 12.8. The van der Waals surface area contributed by atoms with Gasteiger partial charge in [0, 0.05) is 5.92 Å². The quantitative estimate of drug-likeness (QED) is 0.734. The number of primary amides is 1. The smallest absolute Gasteiger partial charge is 0.221 e. The predicted octanol–water partition coefficient (Wildman–Crippen LogP) is 2.47. The Morgan fingerprint density at radius 1 is 1.37 bits per heavy atom. The summed E-state index contributed by atoms with van der Waals surface area (Å²) in [6, 6.07) is 5.92. The maximum Gasteiger partial charge on any atom is 0.221 e. The van der Waals surface area contributed by atoms with Gasteiger partial charge in [-0.2, -0.15) is 0 Å². The van der Waals surface area contributed by atoms with Crippen LogP contribution in [0.25, 0.3) is 0 Å². The minimum absolute atomic E-state index is 0.322. The van der Waals surface area contributed by atoms with Crippen molar-refractivity contribution in [3.05, 3.63) is 35.6 Å². The molecule has 0 aromatic heterocycles. The number of unbranched alkanes of at least 4 members (excludes halogenated alkanes) is 1. The summed E-state index contributed by atoms with van der Waals surface area (Å²) >= 11 is 0. The zero-order valence-electron chi connectivity index (χ0n) is 11.1. The van der Waals surface area contributed by atoms with Gasteiger partial charge in [0.1, 0.15) is 12.1 Å². The Morgan fingerprint density at radius 2 is 2.00 bits per heavy atom. The third-order valence-corrected chi connectivity index (χ3v) is 3.32. The molecule has 2 unspecified atom stereocenters. The van der Waals surface area contributed by atoms with E-state index in [1.54, 1.807) is 12.1 Å². The van der Waals surface area contributed by atoms with Gasteiger partial charge in [0.2, 0.25) is 5.91 Å². The van der Waals surface area contributed by atoms with Gasteiger partial charge in [-0.05, 0) is 30.5 Å². The van der Waals surface area contributed by atoms with Crippen LogP contribution in [-0.2, 0) is 16.0 Å². The van der Waals surface area contributed by atoms with Gasteiger partial charge >= 0.3 is 0 Å². The second kappa shape index (κ2) is 7.67. The van der Waals surface area contributed by atoms with Crippen molar-refractivity contribution in [1.29, 1.82) is 0 Å². The Kier molecular flexibility index (Phi) is 6.19. The molecule has 0 fully saturated rings. The number of halogens is 1. The van der Waals surface area contributed by atoms with Crippen LogP contribution in [0.2, 0.25) is 0 Å². The summed E-state index contributed by atoms with van der Waals surface area (Å²) in [6.45, 7) is 2.03. The molecule has 104 valence electrons. The van der Waals surface area contributed by atoms with E-state index in [1.165, 1.54) is 12.1 Å². The monoisotopic (exact) mass is 265 g/mol. The van der Waals surface area contributed by atoms with E-state index in [-0.39, 0.29) is 11.7 Å². The second-order valence-electron chi connectivity index (χ2n) is 4.78. The maximum atomic E-state index is 12.8. The lowest BCUT2D eigenvalue weighted by molar-refractivity contribution is -0.127. The van der Waals surface area contributed by atoms with E-state index in [2.05, 4.69) is 0 Å². The van der Waals surface area contributed by atoms with Gasteiger partial charge in [0.15, 0.2) is 0 Å². The molecule has 1 rings (SSSR count). The average Bonchev–Trinajstić information content (AvgIpc) is 2.40. The molecule has 1 aromatic rings. The second-order valence-corrected chi connectivity index (χ2v) is 4.78. The van der Waals surface area contributed by atoms with Crippen LogP contribution in [0.4, 0.5) is 4.39 Å². The number of hydrogen-bond donors (Lipinski definition) is 1. The minimum Gasteiger partial charge on any atom is -0.369 e. The van der Waals surface area contributed by atoms with Crippen molar-refractivity contribution < 1.29 is 14.0 Å². The number of nitrogens with two attached hydrogens (primary N) is 1. The molecule has 19 heavy (non-hydrogen) atoms. The van der Waals surface area contributed by atoms with Crippen molar-refractivity contribution in [2.45, 2.75) is 32.6 Å². The van der Waals surface area contributed by atoms with Crippen LogP contribution in [0.3, 0.4) is 0 Å². The molecule has 0 heterocycles. The van der Waals surface area contributed by atoms with Crippen LogP contribution in [0, 0.1) is 17.7 Å². The van der Waals surface area contributed by atoms with Crippen LogP contribution in [0.15, 0.2) is 24.3 Å². The van der Waals surface area contributed by atoms with E-state index >= 15 is 0 Å². The van der Waals surface area contributed by atoms with Gasteiger partial charge in [-0.25, -0.2) is 4.39 Å². The number of rotatable bonds is 8. The Balaban J connectivity index is 2.78. The molecule has 2 atom stereocenters. The molecule has 0 aliphatic carbocycles. The molecule has 2 N–H and O–H groups in total. The van der Waals surface area contributed by atoms with E-state index in [0.29, 0.717) is 12.8 Å². The first-order chi connectivity index (χ1) is 9.08. The molecule has 3 nitrogen and oxygen atoms in total. The van der Waals surface area contributed by atoms with Crippen molar-refractivity contribution in [2.24, 2.45) is 17.6 Å². The highest BCUT2D eigenvalue weighted by Gasteiger charge is 2.26. The van der Waals surface area contributed by atoms with Crippen LogP contribution in [-0.4, -0.2) is 12.2 Å². The summed E-state index contributed by atoms with van der Waals surface area (Å²) in [5, 5.41) is 0. The third-order valence-electron chi connectivity index (χ3n) is 3.32. The highest BCUT2D eigenvalue weighted by molar-refractivity contribution is 5.80. The topological polar surface area (TPSA) is 60.2 Å². The lowest BCUT2D eigenvalue weighted by atomic mass is 9.84. The fourth-order valence-corrected chi connectivity index (χ4v) is 2.14. The molecule has 4 heteroatoms. The zero-order valence-corrected chi connectivity index (χ0v) is 11.1. The standard InChI is InChI=1S/C15H20FNO2/c1-2-3-4-12(10-18)14(15(17)19)9-11-5-7-13(16)8-6-11/h5-8,10,12,14H,2-4,9H2,1H3,(H2,17,19). The van der Waals surface area contributed by atoms with Crippen LogP contribution < -0.4 is 5.73 Å².